The first-order valence-electron chi connectivity index (χ1n) is 14.6. The lowest BCUT2D eigenvalue weighted by Gasteiger charge is -2.63. The van der Waals surface area contributed by atoms with Crippen molar-refractivity contribution in [2.24, 2.45) is 22.7 Å². The Morgan fingerprint density at radius 2 is 1.77 bits per heavy atom. The quantitative estimate of drug-likeness (QED) is 0.291. The van der Waals surface area contributed by atoms with Crippen LogP contribution in [-0.2, 0) is 9.47 Å². The number of hydrogen-bond donors (Lipinski definition) is 6. The predicted molar refractivity (Wildman–Crippen MR) is 141 cm³/mol. The number of aliphatic hydroxyl groups is 6. The molecule has 6 rings (SSSR count). The number of ether oxygens (including phenoxy) is 2. The zero-order chi connectivity index (χ0) is 28.6. The van der Waals surface area contributed by atoms with Crippen LogP contribution < -0.4 is 5.63 Å². The van der Waals surface area contributed by atoms with Crippen molar-refractivity contribution in [3.63, 3.8) is 0 Å². The molecule has 10 heteroatoms. The van der Waals surface area contributed by atoms with Crippen molar-refractivity contribution in [2.75, 3.05) is 6.61 Å². The van der Waals surface area contributed by atoms with Crippen LogP contribution in [0.5, 0.6) is 0 Å². The van der Waals surface area contributed by atoms with Gasteiger partial charge in [0.25, 0.3) is 0 Å². The highest BCUT2D eigenvalue weighted by Gasteiger charge is 2.70. The van der Waals surface area contributed by atoms with Crippen LogP contribution >= 0.6 is 0 Å². The highest BCUT2D eigenvalue weighted by molar-refractivity contribution is 5.32. The summed E-state index contributed by atoms with van der Waals surface area (Å²) in [6.45, 7) is 3.70. The Morgan fingerprint density at radius 1 is 1.00 bits per heavy atom. The molecule has 1 aromatic heterocycles. The van der Waals surface area contributed by atoms with Crippen molar-refractivity contribution in [1.82, 2.24) is 0 Å². The molecule has 40 heavy (non-hydrogen) atoms. The minimum Gasteiger partial charge on any atom is -0.431 e. The summed E-state index contributed by atoms with van der Waals surface area (Å²) in [5.41, 5.74) is -0.452. The Bertz CT molecular complexity index is 1180. The van der Waals surface area contributed by atoms with Crippen molar-refractivity contribution in [3.05, 3.63) is 46.0 Å². The van der Waals surface area contributed by atoms with Crippen molar-refractivity contribution in [1.29, 1.82) is 0 Å². The molecule has 5 aliphatic rings. The van der Waals surface area contributed by atoms with E-state index in [2.05, 4.69) is 13.0 Å². The molecule has 0 aromatic carbocycles. The van der Waals surface area contributed by atoms with E-state index in [0.717, 1.165) is 24.8 Å². The van der Waals surface area contributed by atoms with Gasteiger partial charge in [-0.05, 0) is 79.7 Å². The zero-order valence-corrected chi connectivity index (χ0v) is 23.1. The molecule has 13 atom stereocenters. The van der Waals surface area contributed by atoms with Crippen molar-refractivity contribution < 1.29 is 44.5 Å². The minimum atomic E-state index is -1.49. The van der Waals surface area contributed by atoms with Crippen LogP contribution in [0.15, 0.2) is 39.3 Å². The van der Waals surface area contributed by atoms with E-state index in [1.54, 1.807) is 6.07 Å². The van der Waals surface area contributed by atoms with E-state index in [0.29, 0.717) is 25.7 Å². The van der Waals surface area contributed by atoms with E-state index < -0.39 is 60.1 Å². The molecule has 10 nitrogen and oxygen atoms in total. The molecule has 0 amide bonds. The maximum atomic E-state index is 12.4. The van der Waals surface area contributed by atoms with Crippen LogP contribution in [-0.4, -0.2) is 85.8 Å². The normalized spacial score (nSPS) is 50.5. The van der Waals surface area contributed by atoms with Gasteiger partial charge in [0.1, 0.15) is 24.4 Å². The molecule has 0 spiro atoms. The fraction of sp³-hybridized carbons (Fsp3) is 0.767. The highest BCUT2D eigenvalue weighted by atomic mass is 16.7. The average Bonchev–Trinajstić information content (AvgIpc) is 3.22. The molecule has 0 bridgehead atoms. The average molecular weight is 563 g/mol. The zero-order valence-electron chi connectivity index (χ0n) is 23.1. The van der Waals surface area contributed by atoms with Gasteiger partial charge in [0.15, 0.2) is 6.29 Å². The van der Waals surface area contributed by atoms with Gasteiger partial charge in [-0.2, -0.15) is 0 Å². The van der Waals surface area contributed by atoms with Gasteiger partial charge in [-0.25, -0.2) is 4.79 Å². The number of aliphatic hydroxyl groups excluding tert-OH is 5. The SMILES string of the molecule is C[C@@]12[C@@H](c3ccc(=O)oc3)CC[C@]1(O)[C@@H]1CCC3=C[C@@H](O[C@@H]4O[C@H](CO)[C@@H](O)[C@H](O)[C@H]4O)CC[C@]3(C)[C@H]1C[C@@H]2O. The number of fused-ring (bicyclic) bond motifs is 5. The minimum absolute atomic E-state index is 0.00619. The Hall–Kier alpha value is -1.63. The molecule has 222 valence electrons. The second-order valence-corrected chi connectivity index (χ2v) is 13.2. The summed E-state index contributed by atoms with van der Waals surface area (Å²) in [5, 5.41) is 64.3. The molecular formula is C30H42O10. The maximum Gasteiger partial charge on any atom is 0.335 e. The number of hydrogen-bond acceptors (Lipinski definition) is 10. The third kappa shape index (κ3) is 4.02. The summed E-state index contributed by atoms with van der Waals surface area (Å²) < 4.78 is 16.8. The van der Waals surface area contributed by atoms with Gasteiger partial charge >= 0.3 is 5.63 Å². The van der Waals surface area contributed by atoms with Crippen molar-refractivity contribution in [3.8, 4) is 0 Å². The summed E-state index contributed by atoms with van der Waals surface area (Å²) in [5.74, 6) is -0.0434. The van der Waals surface area contributed by atoms with Crippen LogP contribution in [0.1, 0.15) is 70.3 Å². The van der Waals surface area contributed by atoms with Gasteiger partial charge in [0, 0.05) is 11.5 Å². The fourth-order valence-electron chi connectivity index (χ4n) is 9.21. The van der Waals surface area contributed by atoms with Gasteiger partial charge in [0.2, 0.25) is 0 Å². The van der Waals surface area contributed by atoms with Crippen LogP contribution in [0.25, 0.3) is 0 Å². The third-order valence-corrected chi connectivity index (χ3v) is 11.6. The van der Waals surface area contributed by atoms with Gasteiger partial charge in [-0.15, -0.1) is 0 Å². The molecule has 6 N–H and O–H groups in total. The topological polar surface area (TPSA) is 170 Å². The molecular weight excluding hydrogens is 520 g/mol. The first kappa shape index (κ1) is 28.5. The molecule has 0 radical (unpaired) electrons. The van der Waals surface area contributed by atoms with E-state index >= 15 is 0 Å². The Morgan fingerprint density at radius 3 is 2.48 bits per heavy atom. The largest absolute Gasteiger partial charge is 0.431 e. The summed E-state index contributed by atoms with van der Waals surface area (Å²) in [6.07, 6.45) is 0.582. The van der Waals surface area contributed by atoms with Crippen LogP contribution in [0, 0.1) is 22.7 Å². The lowest BCUT2D eigenvalue weighted by Crippen LogP contribution is -2.65. The first-order valence-corrected chi connectivity index (χ1v) is 14.6. The summed E-state index contributed by atoms with van der Waals surface area (Å²) in [7, 11) is 0. The van der Waals surface area contributed by atoms with Gasteiger partial charge < -0.3 is 44.5 Å². The molecule has 1 aromatic rings. The van der Waals surface area contributed by atoms with E-state index in [1.807, 2.05) is 6.92 Å². The van der Waals surface area contributed by atoms with E-state index in [9.17, 15) is 35.4 Å². The lowest BCUT2D eigenvalue weighted by molar-refractivity contribution is -0.308. The fourth-order valence-corrected chi connectivity index (χ4v) is 9.21. The van der Waals surface area contributed by atoms with E-state index in [1.165, 1.54) is 17.9 Å². The lowest BCUT2D eigenvalue weighted by atomic mass is 9.44. The van der Waals surface area contributed by atoms with E-state index in [4.69, 9.17) is 13.9 Å². The van der Waals surface area contributed by atoms with Crippen molar-refractivity contribution >= 4 is 0 Å². The predicted octanol–water partition coefficient (Wildman–Crippen LogP) is 0.957. The summed E-state index contributed by atoms with van der Waals surface area (Å²) in [4.78, 5) is 11.6. The van der Waals surface area contributed by atoms with E-state index in [-0.39, 0.29) is 29.3 Å². The van der Waals surface area contributed by atoms with Crippen molar-refractivity contribution in [2.45, 2.75) is 113 Å². The Kier molecular flexibility index (Phi) is 7.11. The number of rotatable bonds is 4. The molecule has 3 saturated carbocycles. The maximum absolute atomic E-state index is 12.4. The monoisotopic (exact) mass is 562 g/mol. The van der Waals surface area contributed by atoms with Crippen LogP contribution in [0.4, 0.5) is 0 Å². The molecule has 2 heterocycles. The second kappa shape index (κ2) is 9.98. The summed E-state index contributed by atoms with van der Waals surface area (Å²) >= 11 is 0. The highest BCUT2D eigenvalue weighted by Crippen LogP contribution is 2.70. The molecule has 1 saturated heterocycles. The molecule has 4 aliphatic carbocycles. The first-order chi connectivity index (χ1) is 18.9. The van der Waals surface area contributed by atoms with Gasteiger partial charge in [-0.3, -0.25) is 0 Å². The molecule has 1 aliphatic heterocycles. The van der Waals surface area contributed by atoms with Crippen LogP contribution in [0.2, 0.25) is 0 Å². The third-order valence-electron chi connectivity index (χ3n) is 11.6. The Balaban J connectivity index is 1.23. The Labute approximate surface area is 233 Å². The van der Waals surface area contributed by atoms with Gasteiger partial charge in [0.05, 0.1) is 30.7 Å². The van der Waals surface area contributed by atoms with Gasteiger partial charge in [-0.1, -0.05) is 25.5 Å². The standard InChI is InChI=1S/C30H42O10/c1-28-9-7-17(39-27-26(36)25(35)24(34)21(13-31)40-27)11-16(28)4-5-19-20(28)12-22(32)29(2)18(8-10-30(19,29)37)15-3-6-23(33)38-14-15/h3,6,11,14,17-22,24-27,31-32,34-37H,4-5,7-10,12-13H2,1-2H3/t17-,18+,19+,20-,21+,22-,24+,25-,26+,27+,28-,29-,30-/m0/s1. The second-order valence-electron chi connectivity index (χ2n) is 13.2. The smallest absolute Gasteiger partial charge is 0.335 e. The van der Waals surface area contributed by atoms with Crippen LogP contribution in [0.3, 0.4) is 0 Å². The summed E-state index contributed by atoms with van der Waals surface area (Å²) in [6, 6.07) is 3.16. The molecule has 0 unspecified atom stereocenters. The molecule has 4 fully saturated rings. The number of allylic oxidation sites excluding steroid dienone is 1.